The van der Waals surface area contributed by atoms with E-state index >= 15 is 0 Å². The SMILES string of the molecule is CN(C)CCSCC(N)c1cccc(C(F)(F)F)c1. The van der Waals surface area contributed by atoms with Crippen molar-refractivity contribution in [3.05, 3.63) is 35.4 Å². The van der Waals surface area contributed by atoms with E-state index in [-0.39, 0.29) is 6.04 Å². The molecular formula is C13H19F3N2S. The Balaban J connectivity index is 2.55. The molecule has 0 amide bonds. The van der Waals surface area contributed by atoms with Crippen molar-refractivity contribution in [2.24, 2.45) is 5.73 Å². The molecule has 108 valence electrons. The molecule has 0 heterocycles. The number of halogens is 3. The first-order valence-electron chi connectivity index (χ1n) is 5.96. The van der Waals surface area contributed by atoms with Gasteiger partial charge in [0.2, 0.25) is 0 Å². The van der Waals surface area contributed by atoms with Crippen LogP contribution >= 0.6 is 11.8 Å². The van der Waals surface area contributed by atoms with Crippen molar-refractivity contribution in [3.8, 4) is 0 Å². The van der Waals surface area contributed by atoms with Crippen molar-refractivity contribution in [3.63, 3.8) is 0 Å². The highest BCUT2D eigenvalue weighted by Crippen LogP contribution is 2.30. The Morgan fingerprint density at radius 1 is 1.32 bits per heavy atom. The van der Waals surface area contributed by atoms with Gasteiger partial charge in [-0.05, 0) is 31.8 Å². The Morgan fingerprint density at radius 3 is 2.58 bits per heavy atom. The standard InChI is InChI=1S/C13H19F3N2S/c1-18(2)6-7-19-9-12(17)10-4-3-5-11(8-10)13(14,15)16/h3-5,8,12H,6-7,9,17H2,1-2H3. The molecule has 6 heteroatoms. The summed E-state index contributed by atoms with van der Waals surface area (Å²) in [5.74, 6) is 1.54. The number of nitrogens with zero attached hydrogens (tertiary/aromatic N) is 1. The number of hydrogen-bond acceptors (Lipinski definition) is 3. The van der Waals surface area contributed by atoms with Crippen LogP contribution in [0.25, 0.3) is 0 Å². The van der Waals surface area contributed by atoms with Crippen LogP contribution in [0.15, 0.2) is 24.3 Å². The van der Waals surface area contributed by atoms with Crippen LogP contribution in [0.5, 0.6) is 0 Å². The minimum absolute atomic E-state index is 0.366. The number of rotatable bonds is 6. The van der Waals surface area contributed by atoms with Crippen LogP contribution in [0.3, 0.4) is 0 Å². The van der Waals surface area contributed by atoms with Crippen LogP contribution in [0.1, 0.15) is 17.2 Å². The predicted molar refractivity (Wildman–Crippen MR) is 74.3 cm³/mol. The van der Waals surface area contributed by atoms with Gasteiger partial charge in [-0.2, -0.15) is 24.9 Å². The first-order valence-corrected chi connectivity index (χ1v) is 7.11. The molecule has 2 nitrogen and oxygen atoms in total. The van der Waals surface area contributed by atoms with Crippen LogP contribution in [0.2, 0.25) is 0 Å². The van der Waals surface area contributed by atoms with Crippen LogP contribution in [0, 0.1) is 0 Å². The lowest BCUT2D eigenvalue weighted by molar-refractivity contribution is -0.137. The van der Waals surface area contributed by atoms with Gasteiger partial charge in [0.05, 0.1) is 5.56 Å². The smallest absolute Gasteiger partial charge is 0.323 e. The molecule has 0 spiro atoms. The zero-order chi connectivity index (χ0) is 14.5. The maximum Gasteiger partial charge on any atom is 0.416 e. The summed E-state index contributed by atoms with van der Waals surface area (Å²) >= 11 is 1.65. The summed E-state index contributed by atoms with van der Waals surface area (Å²) in [5, 5.41) is 0. The second-order valence-electron chi connectivity index (χ2n) is 4.61. The van der Waals surface area contributed by atoms with Crippen molar-refractivity contribution < 1.29 is 13.2 Å². The van der Waals surface area contributed by atoms with Crippen LogP contribution in [-0.2, 0) is 6.18 Å². The molecule has 1 aromatic carbocycles. The predicted octanol–water partition coefficient (Wildman–Crippen LogP) is 3.00. The van der Waals surface area contributed by atoms with E-state index in [4.69, 9.17) is 5.73 Å². The molecule has 0 saturated carbocycles. The molecule has 0 aliphatic rings. The van der Waals surface area contributed by atoms with Crippen molar-refractivity contribution in [1.29, 1.82) is 0 Å². The molecule has 0 saturated heterocycles. The molecule has 1 rings (SSSR count). The van der Waals surface area contributed by atoms with E-state index in [9.17, 15) is 13.2 Å². The molecule has 0 fully saturated rings. The average molecular weight is 292 g/mol. The van der Waals surface area contributed by atoms with Gasteiger partial charge >= 0.3 is 6.18 Å². The Kier molecular flexibility index (Phi) is 6.16. The van der Waals surface area contributed by atoms with Gasteiger partial charge in [-0.25, -0.2) is 0 Å². The Morgan fingerprint density at radius 2 is 2.00 bits per heavy atom. The third-order valence-corrected chi connectivity index (χ3v) is 3.69. The Hall–Kier alpha value is -0.720. The largest absolute Gasteiger partial charge is 0.416 e. The monoisotopic (exact) mass is 292 g/mol. The number of benzene rings is 1. The van der Waals surface area contributed by atoms with E-state index in [1.807, 2.05) is 14.1 Å². The highest BCUT2D eigenvalue weighted by atomic mass is 32.2. The molecule has 1 atom stereocenters. The molecule has 0 radical (unpaired) electrons. The van der Waals surface area contributed by atoms with E-state index < -0.39 is 11.7 Å². The molecule has 1 unspecified atom stereocenters. The molecule has 0 aliphatic carbocycles. The number of thioether (sulfide) groups is 1. The lowest BCUT2D eigenvalue weighted by Gasteiger charge is -2.15. The van der Waals surface area contributed by atoms with Crippen LogP contribution < -0.4 is 5.73 Å². The van der Waals surface area contributed by atoms with E-state index in [0.29, 0.717) is 11.3 Å². The summed E-state index contributed by atoms with van der Waals surface area (Å²) in [4.78, 5) is 2.06. The molecule has 0 aliphatic heterocycles. The van der Waals surface area contributed by atoms with Crippen molar-refractivity contribution in [2.75, 3.05) is 32.1 Å². The second-order valence-corrected chi connectivity index (χ2v) is 5.76. The molecular weight excluding hydrogens is 273 g/mol. The van der Waals surface area contributed by atoms with Crippen LogP contribution in [0.4, 0.5) is 13.2 Å². The fourth-order valence-corrected chi connectivity index (χ4v) is 2.61. The molecule has 0 aromatic heterocycles. The first kappa shape index (κ1) is 16.3. The maximum atomic E-state index is 12.6. The lowest BCUT2D eigenvalue weighted by atomic mass is 10.1. The Labute approximate surface area is 116 Å². The number of hydrogen-bond donors (Lipinski definition) is 1. The topological polar surface area (TPSA) is 29.3 Å². The van der Waals surface area contributed by atoms with Crippen molar-refractivity contribution >= 4 is 11.8 Å². The van der Waals surface area contributed by atoms with E-state index in [1.165, 1.54) is 6.07 Å². The van der Waals surface area contributed by atoms with Gasteiger partial charge < -0.3 is 10.6 Å². The molecule has 2 N–H and O–H groups in total. The van der Waals surface area contributed by atoms with Gasteiger partial charge in [0, 0.05) is 24.1 Å². The molecule has 0 bridgehead atoms. The Bertz CT molecular complexity index is 394. The molecule has 1 aromatic rings. The minimum Gasteiger partial charge on any atom is -0.323 e. The van der Waals surface area contributed by atoms with E-state index in [0.717, 1.165) is 24.4 Å². The van der Waals surface area contributed by atoms with Gasteiger partial charge in [-0.3, -0.25) is 0 Å². The van der Waals surface area contributed by atoms with Gasteiger partial charge in [0.1, 0.15) is 0 Å². The molecule has 19 heavy (non-hydrogen) atoms. The van der Waals surface area contributed by atoms with Crippen molar-refractivity contribution in [1.82, 2.24) is 4.90 Å². The lowest BCUT2D eigenvalue weighted by Crippen LogP contribution is -2.18. The fourth-order valence-electron chi connectivity index (χ4n) is 1.50. The zero-order valence-electron chi connectivity index (χ0n) is 11.1. The summed E-state index contributed by atoms with van der Waals surface area (Å²) in [6.07, 6.45) is -4.31. The van der Waals surface area contributed by atoms with Gasteiger partial charge in [-0.15, -0.1) is 0 Å². The van der Waals surface area contributed by atoms with Gasteiger partial charge in [-0.1, -0.05) is 12.1 Å². The second kappa shape index (κ2) is 7.17. The van der Waals surface area contributed by atoms with E-state index in [1.54, 1.807) is 17.8 Å². The number of alkyl halides is 3. The maximum absolute atomic E-state index is 12.6. The highest BCUT2D eigenvalue weighted by molar-refractivity contribution is 7.99. The third kappa shape index (κ3) is 5.84. The third-order valence-electron chi connectivity index (χ3n) is 2.62. The quantitative estimate of drug-likeness (QED) is 0.817. The zero-order valence-corrected chi connectivity index (χ0v) is 11.9. The van der Waals surface area contributed by atoms with Gasteiger partial charge in [0.15, 0.2) is 0 Å². The highest BCUT2D eigenvalue weighted by Gasteiger charge is 2.30. The first-order chi connectivity index (χ1) is 8.80. The summed E-state index contributed by atoms with van der Waals surface area (Å²) in [7, 11) is 3.96. The summed E-state index contributed by atoms with van der Waals surface area (Å²) in [5.41, 5.74) is 5.82. The summed E-state index contributed by atoms with van der Waals surface area (Å²) in [6, 6.07) is 4.89. The average Bonchev–Trinajstić information content (AvgIpc) is 2.33. The normalized spacial score (nSPS) is 13.8. The fraction of sp³-hybridized carbons (Fsp3) is 0.538. The van der Waals surface area contributed by atoms with E-state index in [2.05, 4.69) is 4.90 Å². The van der Waals surface area contributed by atoms with Gasteiger partial charge in [0.25, 0.3) is 0 Å². The number of nitrogens with two attached hydrogens (primary N) is 1. The minimum atomic E-state index is -4.31. The van der Waals surface area contributed by atoms with Crippen molar-refractivity contribution in [2.45, 2.75) is 12.2 Å². The van der Waals surface area contributed by atoms with Crippen LogP contribution in [-0.4, -0.2) is 37.0 Å². The summed E-state index contributed by atoms with van der Waals surface area (Å²) < 4.78 is 37.7. The summed E-state index contributed by atoms with van der Waals surface area (Å²) in [6.45, 7) is 0.931.